The average Bonchev–Trinajstić information content (AvgIpc) is 2.35. The Bertz CT molecular complexity index is 532. The van der Waals surface area contributed by atoms with E-state index in [1.54, 1.807) is 59.1 Å². The highest BCUT2D eigenvalue weighted by Gasteiger charge is 2.33. The second-order valence-electron chi connectivity index (χ2n) is 6.26. The van der Waals surface area contributed by atoms with Gasteiger partial charge in [0.2, 0.25) is 0 Å². The van der Waals surface area contributed by atoms with Gasteiger partial charge in [-0.05, 0) is 45.4 Å². The second kappa shape index (κ2) is 6.68. The first kappa shape index (κ1) is 17.8. The molecule has 0 saturated carbocycles. The third kappa shape index (κ3) is 5.27. The zero-order valence-corrected chi connectivity index (χ0v) is 13.6. The molecule has 0 aliphatic rings. The van der Waals surface area contributed by atoms with Crippen molar-refractivity contribution in [3.05, 3.63) is 29.8 Å². The summed E-state index contributed by atoms with van der Waals surface area (Å²) < 4.78 is 10.3. The van der Waals surface area contributed by atoms with Gasteiger partial charge in [-0.1, -0.05) is 12.1 Å². The van der Waals surface area contributed by atoms with E-state index in [1.165, 1.54) is 0 Å². The van der Waals surface area contributed by atoms with Gasteiger partial charge >= 0.3 is 12.1 Å². The van der Waals surface area contributed by atoms with Crippen LogP contribution >= 0.6 is 0 Å². The molecule has 1 aromatic rings. The Kier molecular flexibility index (Phi) is 5.41. The van der Waals surface area contributed by atoms with Crippen LogP contribution in [0.5, 0.6) is 5.75 Å². The fraction of sp³-hybridized carbons (Fsp3) is 0.500. The molecule has 1 atom stereocenters. The Morgan fingerprint density at radius 2 is 1.68 bits per heavy atom. The van der Waals surface area contributed by atoms with E-state index >= 15 is 0 Å². The number of carboxylic acid groups (broad SMARTS) is 1. The molecule has 0 radical (unpaired) electrons. The first-order chi connectivity index (χ1) is 10.1. The number of hydrogen-bond acceptors (Lipinski definition) is 4. The normalized spacial score (nSPS) is 13.9. The molecule has 0 heterocycles. The minimum absolute atomic E-state index is 0.265. The summed E-state index contributed by atoms with van der Waals surface area (Å²) in [6, 6.07) is 6.87. The first-order valence-electron chi connectivity index (χ1n) is 6.93. The number of amides is 1. The number of ether oxygens (including phenoxy) is 2. The van der Waals surface area contributed by atoms with Gasteiger partial charge in [0, 0.05) is 0 Å². The van der Waals surface area contributed by atoms with Gasteiger partial charge in [0.05, 0.1) is 19.1 Å². The number of aliphatic carboxylic acids is 1. The van der Waals surface area contributed by atoms with Crippen LogP contribution in [0.4, 0.5) is 4.79 Å². The van der Waals surface area contributed by atoms with Crippen molar-refractivity contribution >= 4 is 12.1 Å². The minimum atomic E-state index is -1.08. The van der Waals surface area contributed by atoms with E-state index in [-0.39, 0.29) is 6.42 Å². The number of nitrogens with one attached hydrogen (secondary N) is 1. The van der Waals surface area contributed by atoms with Crippen LogP contribution in [0.25, 0.3) is 0 Å². The summed E-state index contributed by atoms with van der Waals surface area (Å²) in [5, 5.41) is 11.8. The molecule has 6 heteroatoms. The predicted molar refractivity (Wildman–Crippen MR) is 82.0 cm³/mol. The molecule has 0 spiro atoms. The highest BCUT2D eigenvalue weighted by molar-refractivity contribution is 5.73. The van der Waals surface area contributed by atoms with Gasteiger partial charge in [0.25, 0.3) is 0 Å². The second-order valence-corrected chi connectivity index (χ2v) is 6.26. The smallest absolute Gasteiger partial charge is 0.408 e. The predicted octanol–water partition coefficient (Wildman–Crippen LogP) is 2.91. The average molecular weight is 309 g/mol. The number of rotatable bonds is 5. The van der Waals surface area contributed by atoms with Crippen LogP contribution in [-0.2, 0) is 15.1 Å². The quantitative estimate of drug-likeness (QED) is 0.873. The van der Waals surface area contributed by atoms with Crippen LogP contribution in [0.2, 0.25) is 0 Å². The van der Waals surface area contributed by atoms with E-state index in [0.29, 0.717) is 11.3 Å². The lowest BCUT2D eigenvalue weighted by molar-refractivity contribution is -0.138. The third-order valence-corrected chi connectivity index (χ3v) is 3.01. The fourth-order valence-corrected chi connectivity index (χ4v) is 2.01. The lowest BCUT2D eigenvalue weighted by Crippen LogP contribution is -2.47. The summed E-state index contributed by atoms with van der Waals surface area (Å²) in [6.45, 7) is 6.88. The Balaban J connectivity index is 3.02. The summed E-state index contributed by atoms with van der Waals surface area (Å²) in [5.41, 5.74) is -1.09. The molecule has 0 bridgehead atoms. The molecule has 0 aromatic heterocycles. The van der Waals surface area contributed by atoms with Gasteiger partial charge in [0.1, 0.15) is 11.4 Å². The zero-order chi connectivity index (χ0) is 17.0. The van der Waals surface area contributed by atoms with Crippen LogP contribution in [0.3, 0.4) is 0 Å². The maximum Gasteiger partial charge on any atom is 0.408 e. The first-order valence-corrected chi connectivity index (χ1v) is 6.93. The SMILES string of the molecule is COc1ccc(C(C)(CC(=O)O)NC(=O)OC(C)(C)C)cc1. The van der Waals surface area contributed by atoms with Crippen molar-refractivity contribution < 1.29 is 24.2 Å². The monoisotopic (exact) mass is 309 g/mol. The molecule has 6 nitrogen and oxygen atoms in total. The maximum absolute atomic E-state index is 12.0. The topological polar surface area (TPSA) is 84.9 Å². The largest absolute Gasteiger partial charge is 0.497 e. The Hall–Kier alpha value is -2.24. The van der Waals surface area contributed by atoms with Crippen molar-refractivity contribution in [1.29, 1.82) is 0 Å². The highest BCUT2D eigenvalue weighted by atomic mass is 16.6. The van der Waals surface area contributed by atoms with Crippen molar-refractivity contribution in [2.24, 2.45) is 0 Å². The highest BCUT2D eigenvalue weighted by Crippen LogP contribution is 2.27. The van der Waals surface area contributed by atoms with E-state index in [9.17, 15) is 9.59 Å². The number of alkyl carbamates (subject to hydrolysis) is 1. The van der Waals surface area contributed by atoms with Gasteiger partial charge < -0.3 is 19.9 Å². The van der Waals surface area contributed by atoms with Crippen LogP contribution < -0.4 is 10.1 Å². The Morgan fingerprint density at radius 3 is 2.09 bits per heavy atom. The molecule has 1 unspecified atom stereocenters. The molecule has 0 saturated heterocycles. The van der Waals surface area contributed by atoms with Gasteiger partial charge in [-0.25, -0.2) is 4.79 Å². The van der Waals surface area contributed by atoms with E-state index in [1.807, 2.05) is 0 Å². The standard InChI is InChI=1S/C16H23NO5/c1-15(2,3)22-14(20)17-16(4,10-13(18)19)11-6-8-12(21-5)9-7-11/h6-9H,10H2,1-5H3,(H,17,20)(H,18,19). The van der Waals surface area contributed by atoms with Crippen LogP contribution in [0.1, 0.15) is 39.7 Å². The van der Waals surface area contributed by atoms with Gasteiger partial charge in [0.15, 0.2) is 0 Å². The lowest BCUT2D eigenvalue weighted by Gasteiger charge is -2.31. The Morgan fingerprint density at radius 1 is 1.14 bits per heavy atom. The van der Waals surface area contributed by atoms with Crippen molar-refractivity contribution in [2.45, 2.75) is 45.3 Å². The third-order valence-electron chi connectivity index (χ3n) is 3.01. The number of carboxylic acids is 1. The van der Waals surface area contributed by atoms with Crippen molar-refractivity contribution in [3.8, 4) is 5.75 Å². The molecule has 2 N–H and O–H groups in total. The van der Waals surface area contributed by atoms with Crippen LogP contribution in [0, 0.1) is 0 Å². The summed E-state index contributed by atoms with van der Waals surface area (Å²) in [6.07, 6.45) is -0.925. The van der Waals surface area contributed by atoms with Crippen LogP contribution in [0.15, 0.2) is 24.3 Å². The van der Waals surface area contributed by atoms with E-state index in [4.69, 9.17) is 14.6 Å². The number of benzene rings is 1. The molecular formula is C16H23NO5. The van der Waals surface area contributed by atoms with Crippen molar-refractivity contribution in [3.63, 3.8) is 0 Å². The van der Waals surface area contributed by atoms with E-state index in [2.05, 4.69) is 5.32 Å². The molecule has 1 rings (SSSR count). The van der Waals surface area contributed by atoms with Gasteiger partial charge in [-0.2, -0.15) is 0 Å². The van der Waals surface area contributed by atoms with Crippen molar-refractivity contribution in [2.75, 3.05) is 7.11 Å². The molecular weight excluding hydrogens is 286 g/mol. The van der Waals surface area contributed by atoms with Crippen LogP contribution in [-0.4, -0.2) is 29.9 Å². The van der Waals surface area contributed by atoms with E-state index < -0.39 is 23.2 Å². The molecule has 0 aliphatic carbocycles. The molecule has 22 heavy (non-hydrogen) atoms. The van der Waals surface area contributed by atoms with Crippen molar-refractivity contribution in [1.82, 2.24) is 5.32 Å². The molecule has 0 fully saturated rings. The summed E-state index contributed by atoms with van der Waals surface area (Å²) in [4.78, 5) is 23.2. The summed E-state index contributed by atoms with van der Waals surface area (Å²) >= 11 is 0. The number of carbonyl (C=O) groups is 2. The summed E-state index contributed by atoms with van der Waals surface area (Å²) in [7, 11) is 1.55. The zero-order valence-electron chi connectivity index (χ0n) is 13.6. The fourth-order valence-electron chi connectivity index (χ4n) is 2.01. The number of methoxy groups -OCH3 is 1. The number of carbonyl (C=O) groups excluding carboxylic acids is 1. The molecule has 1 amide bonds. The maximum atomic E-state index is 12.0. The van der Waals surface area contributed by atoms with E-state index in [0.717, 1.165) is 0 Å². The molecule has 122 valence electrons. The lowest BCUT2D eigenvalue weighted by atomic mass is 9.88. The Labute approximate surface area is 130 Å². The number of hydrogen-bond donors (Lipinski definition) is 2. The summed E-state index contributed by atoms with van der Waals surface area (Å²) in [5.74, 6) is -0.368. The van der Waals surface area contributed by atoms with Gasteiger partial charge in [-0.15, -0.1) is 0 Å². The molecule has 1 aromatic carbocycles. The molecule has 0 aliphatic heterocycles. The minimum Gasteiger partial charge on any atom is -0.497 e. The van der Waals surface area contributed by atoms with Gasteiger partial charge in [-0.3, -0.25) is 4.79 Å².